The van der Waals surface area contributed by atoms with Gasteiger partial charge in [0.2, 0.25) is 5.82 Å². The standard InChI is InChI=1S/C13H12F3N3.C5H5F3N4O/c14-13(15,16)12-7-9(4-5-17-12)11-8-10-3-1-2-6-19(10)18-11;1-12-3(2(9)13)10-4(11-12)5(6,7)8/h4-5,7-8H,1-3,6H2;1H3,(H2,9,13). The number of carbonyl (C=O) groups is 1. The minimum Gasteiger partial charge on any atom is -0.363 e. The van der Waals surface area contributed by atoms with E-state index < -0.39 is 35.6 Å². The van der Waals surface area contributed by atoms with Gasteiger partial charge in [-0.15, -0.1) is 5.10 Å². The molecule has 4 rings (SSSR count). The normalized spacial score (nSPS) is 13.8. The van der Waals surface area contributed by atoms with Crippen LogP contribution < -0.4 is 5.73 Å². The van der Waals surface area contributed by atoms with E-state index in [-0.39, 0.29) is 0 Å². The van der Waals surface area contributed by atoms with Crippen LogP contribution in [0.4, 0.5) is 26.3 Å². The number of hydrogen-bond acceptors (Lipinski definition) is 5. The lowest BCUT2D eigenvalue weighted by atomic mass is 10.1. The number of pyridine rings is 1. The zero-order valence-electron chi connectivity index (χ0n) is 16.6. The molecule has 32 heavy (non-hydrogen) atoms. The van der Waals surface area contributed by atoms with Gasteiger partial charge in [-0.3, -0.25) is 14.5 Å². The number of nitrogens with two attached hydrogens (primary N) is 1. The SMILES string of the molecule is Cn1nc(C(F)(F)F)nc1C(N)=O.FC(F)(F)c1cc(-c2cc3n(n2)CCCC3)ccn1. The van der Waals surface area contributed by atoms with Gasteiger partial charge in [0.15, 0.2) is 0 Å². The van der Waals surface area contributed by atoms with E-state index in [1.54, 1.807) is 6.07 Å². The van der Waals surface area contributed by atoms with E-state index in [9.17, 15) is 31.1 Å². The first-order chi connectivity index (χ1) is 14.9. The highest BCUT2D eigenvalue weighted by Gasteiger charge is 2.37. The van der Waals surface area contributed by atoms with Crippen LogP contribution in [0.3, 0.4) is 0 Å². The molecule has 0 atom stereocenters. The van der Waals surface area contributed by atoms with E-state index in [2.05, 4.69) is 20.2 Å². The first-order valence-corrected chi connectivity index (χ1v) is 9.24. The Balaban J connectivity index is 0.000000195. The monoisotopic (exact) mass is 461 g/mol. The van der Waals surface area contributed by atoms with Crippen LogP contribution >= 0.6 is 0 Å². The Morgan fingerprint density at radius 1 is 1.06 bits per heavy atom. The molecular weight excluding hydrogens is 444 g/mol. The average Bonchev–Trinajstić information content (AvgIpc) is 3.31. The van der Waals surface area contributed by atoms with Gasteiger partial charge in [0.1, 0.15) is 5.69 Å². The van der Waals surface area contributed by atoms with Crippen molar-refractivity contribution in [2.24, 2.45) is 12.8 Å². The van der Waals surface area contributed by atoms with Crippen LogP contribution in [-0.4, -0.2) is 35.4 Å². The second-order valence-corrected chi connectivity index (χ2v) is 6.87. The molecule has 0 spiro atoms. The summed E-state index contributed by atoms with van der Waals surface area (Å²) in [6, 6.07) is 4.48. The fourth-order valence-corrected chi connectivity index (χ4v) is 3.02. The summed E-state index contributed by atoms with van der Waals surface area (Å²) in [5.74, 6) is -2.94. The number of nitrogens with zero attached hydrogens (tertiary/aromatic N) is 6. The first-order valence-electron chi connectivity index (χ1n) is 9.24. The summed E-state index contributed by atoms with van der Waals surface area (Å²) in [6.07, 6.45) is -4.80. The summed E-state index contributed by atoms with van der Waals surface area (Å²) in [4.78, 5) is 16.8. The second-order valence-electron chi connectivity index (χ2n) is 6.87. The Hall–Kier alpha value is -3.45. The van der Waals surface area contributed by atoms with Crippen molar-refractivity contribution in [3.63, 3.8) is 0 Å². The van der Waals surface area contributed by atoms with Gasteiger partial charge >= 0.3 is 12.4 Å². The lowest BCUT2D eigenvalue weighted by molar-refractivity contribution is -0.145. The van der Waals surface area contributed by atoms with Gasteiger partial charge in [-0.05, 0) is 37.5 Å². The van der Waals surface area contributed by atoms with Crippen molar-refractivity contribution in [2.75, 3.05) is 0 Å². The summed E-state index contributed by atoms with van der Waals surface area (Å²) in [5.41, 5.74) is 6.00. The molecule has 1 amide bonds. The molecule has 0 saturated carbocycles. The van der Waals surface area contributed by atoms with Crippen molar-refractivity contribution in [2.45, 2.75) is 38.2 Å². The molecule has 0 fully saturated rings. The molecule has 0 aliphatic carbocycles. The van der Waals surface area contributed by atoms with Crippen molar-refractivity contribution in [1.82, 2.24) is 29.5 Å². The van der Waals surface area contributed by atoms with Crippen LogP contribution in [0, 0.1) is 0 Å². The van der Waals surface area contributed by atoms with E-state index >= 15 is 0 Å². The molecule has 8 nitrogen and oxygen atoms in total. The fourth-order valence-electron chi connectivity index (χ4n) is 3.02. The zero-order chi connectivity index (χ0) is 23.7. The van der Waals surface area contributed by atoms with Crippen LogP contribution in [0.15, 0.2) is 24.4 Å². The number of aromatic nitrogens is 6. The number of hydrogen-bond donors (Lipinski definition) is 1. The van der Waals surface area contributed by atoms with Gasteiger partial charge in [0.25, 0.3) is 11.7 Å². The molecule has 0 saturated heterocycles. The van der Waals surface area contributed by atoms with Crippen molar-refractivity contribution in [3.05, 3.63) is 47.4 Å². The quantitative estimate of drug-likeness (QED) is 0.590. The highest BCUT2D eigenvalue weighted by atomic mass is 19.4. The third kappa shape index (κ3) is 5.23. The Morgan fingerprint density at radius 2 is 1.78 bits per heavy atom. The van der Waals surface area contributed by atoms with Crippen LogP contribution in [0.25, 0.3) is 11.3 Å². The van der Waals surface area contributed by atoms with Crippen molar-refractivity contribution >= 4 is 5.91 Å². The number of primary amides is 1. The van der Waals surface area contributed by atoms with Gasteiger partial charge < -0.3 is 5.73 Å². The predicted octanol–water partition coefficient (Wildman–Crippen LogP) is 3.23. The molecule has 3 aromatic rings. The van der Waals surface area contributed by atoms with Crippen molar-refractivity contribution < 1.29 is 31.1 Å². The van der Waals surface area contributed by atoms with Crippen LogP contribution in [0.1, 0.15) is 40.7 Å². The average molecular weight is 461 g/mol. The molecule has 2 N–H and O–H groups in total. The third-order valence-corrected chi connectivity index (χ3v) is 4.50. The highest BCUT2D eigenvalue weighted by Crippen LogP contribution is 2.31. The Bertz CT molecular complexity index is 1090. The third-order valence-electron chi connectivity index (χ3n) is 4.50. The fraction of sp³-hybridized carbons (Fsp3) is 0.389. The molecule has 0 aromatic carbocycles. The summed E-state index contributed by atoms with van der Waals surface area (Å²) in [6.45, 7) is 0.840. The maximum Gasteiger partial charge on any atom is 0.453 e. The zero-order valence-corrected chi connectivity index (χ0v) is 16.6. The maximum absolute atomic E-state index is 12.6. The van der Waals surface area contributed by atoms with Gasteiger partial charge in [-0.2, -0.15) is 36.4 Å². The molecule has 4 heterocycles. The molecule has 3 aromatic heterocycles. The van der Waals surface area contributed by atoms with Crippen LogP contribution in [0.2, 0.25) is 0 Å². The Morgan fingerprint density at radius 3 is 2.31 bits per heavy atom. The summed E-state index contributed by atoms with van der Waals surface area (Å²) in [5, 5.41) is 7.35. The lowest BCUT2D eigenvalue weighted by Crippen LogP contribution is -2.17. The molecule has 1 aliphatic rings. The molecule has 1 aliphatic heterocycles. The van der Waals surface area contributed by atoms with Gasteiger partial charge in [-0.1, -0.05) is 0 Å². The summed E-state index contributed by atoms with van der Waals surface area (Å²) < 4.78 is 76.3. The number of rotatable bonds is 2. The van der Waals surface area contributed by atoms with Gasteiger partial charge in [0, 0.05) is 31.0 Å². The number of alkyl halides is 6. The Labute approximate surface area is 177 Å². The number of amides is 1. The van der Waals surface area contributed by atoms with Crippen molar-refractivity contribution in [3.8, 4) is 11.3 Å². The van der Waals surface area contributed by atoms with Gasteiger partial charge in [0.05, 0.1) is 5.69 Å². The summed E-state index contributed by atoms with van der Waals surface area (Å²) >= 11 is 0. The van der Waals surface area contributed by atoms with Gasteiger partial charge in [-0.25, -0.2) is 4.68 Å². The number of fused-ring (bicyclic) bond motifs is 1. The molecule has 0 radical (unpaired) electrons. The number of aryl methyl sites for hydroxylation is 3. The smallest absolute Gasteiger partial charge is 0.363 e. The molecule has 14 heteroatoms. The van der Waals surface area contributed by atoms with Crippen molar-refractivity contribution in [1.29, 1.82) is 0 Å². The lowest BCUT2D eigenvalue weighted by Gasteiger charge is -2.11. The van der Waals surface area contributed by atoms with E-state index in [1.807, 2.05) is 10.7 Å². The largest absolute Gasteiger partial charge is 0.453 e. The van der Waals surface area contributed by atoms with E-state index in [1.165, 1.54) is 6.20 Å². The number of carbonyl (C=O) groups excluding carboxylic acids is 1. The Kier molecular flexibility index (Phi) is 6.23. The maximum atomic E-state index is 12.6. The van der Waals surface area contributed by atoms with Crippen LogP contribution in [0.5, 0.6) is 0 Å². The topological polar surface area (TPSA) is 105 Å². The van der Waals surface area contributed by atoms with E-state index in [0.717, 1.165) is 44.6 Å². The number of halogens is 6. The minimum absolute atomic E-state index is 0.462. The second kappa shape index (κ2) is 8.59. The predicted molar refractivity (Wildman–Crippen MR) is 97.9 cm³/mol. The minimum atomic E-state index is -4.66. The van der Waals surface area contributed by atoms with E-state index in [0.29, 0.717) is 15.9 Å². The first kappa shape index (κ1) is 23.2. The molecule has 0 bridgehead atoms. The molecular formula is C18H17F6N7O. The van der Waals surface area contributed by atoms with Crippen LogP contribution in [-0.2, 0) is 32.4 Å². The highest BCUT2D eigenvalue weighted by molar-refractivity contribution is 5.88. The molecule has 0 unspecified atom stereocenters. The molecule has 172 valence electrons. The summed E-state index contributed by atoms with van der Waals surface area (Å²) in [7, 11) is 1.16. The van der Waals surface area contributed by atoms with E-state index in [4.69, 9.17) is 5.73 Å².